The fourth-order valence-electron chi connectivity index (χ4n) is 1.32. The van der Waals surface area contributed by atoms with E-state index in [2.05, 4.69) is 19.9 Å². The van der Waals surface area contributed by atoms with Crippen LogP contribution in [0.15, 0.2) is 24.3 Å². The number of nitriles is 1. The van der Waals surface area contributed by atoms with E-state index >= 15 is 0 Å². The van der Waals surface area contributed by atoms with Crippen LogP contribution < -0.4 is 0 Å². The monoisotopic (exact) mass is 231 g/mol. The van der Waals surface area contributed by atoms with Gasteiger partial charge in [0.15, 0.2) is 0 Å². The average Bonchev–Trinajstić information content (AvgIpc) is 2.30. The zero-order valence-corrected chi connectivity index (χ0v) is 10.3. The summed E-state index contributed by atoms with van der Waals surface area (Å²) in [5.74, 6) is 0.231. The lowest BCUT2D eigenvalue weighted by molar-refractivity contribution is 0.0488. The van der Waals surface area contributed by atoms with Gasteiger partial charge in [-0.15, -0.1) is 0 Å². The van der Waals surface area contributed by atoms with Gasteiger partial charge in [0.1, 0.15) is 0 Å². The number of carbonyl (C=O) groups excluding carboxylic acids is 1. The zero-order valence-electron chi connectivity index (χ0n) is 10.3. The van der Waals surface area contributed by atoms with Crippen LogP contribution in [0.2, 0.25) is 0 Å². The average molecular weight is 231 g/mol. The molecule has 0 aliphatic heterocycles. The Bertz CT molecular complexity index is 401. The third kappa shape index (κ3) is 4.69. The van der Waals surface area contributed by atoms with Crippen LogP contribution in [0, 0.1) is 17.2 Å². The van der Waals surface area contributed by atoms with E-state index < -0.39 is 0 Å². The van der Waals surface area contributed by atoms with Crippen molar-refractivity contribution in [3.63, 3.8) is 0 Å². The summed E-state index contributed by atoms with van der Waals surface area (Å²) >= 11 is 0. The van der Waals surface area contributed by atoms with Gasteiger partial charge in [-0.1, -0.05) is 26.0 Å². The van der Waals surface area contributed by atoms with Crippen molar-refractivity contribution in [3.8, 4) is 6.07 Å². The molecule has 0 saturated heterocycles. The third-order valence-electron chi connectivity index (χ3n) is 2.40. The Balaban J connectivity index is 2.49. The van der Waals surface area contributed by atoms with E-state index in [-0.39, 0.29) is 5.97 Å². The number of rotatable bonds is 5. The Morgan fingerprint density at radius 3 is 2.53 bits per heavy atom. The van der Waals surface area contributed by atoms with Crippen LogP contribution in [0.3, 0.4) is 0 Å². The molecule has 17 heavy (non-hydrogen) atoms. The molecule has 0 unspecified atom stereocenters. The van der Waals surface area contributed by atoms with Gasteiger partial charge in [0.05, 0.1) is 24.7 Å². The maximum atomic E-state index is 11.6. The molecule has 1 aromatic carbocycles. The number of carbonyl (C=O) groups is 1. The Kier molecular flexibility index (Phi) is 5.22. The minimum absolute atomic E-state index is 0.297. The van der Waals surface area contributed by atoms with Crippen LogP contribution in [-0.4, -0.2) is 12.6 Å². The van der Waals surface area contributed by atoms with Gasteiger partial charge in [-0.2, -0.15) is 5.26 Å². The first kappa shape index (κ1) is 13.2. The molecule has 3 heteroatoms. The molecule has 0 spiro atoms. The van der Waals surface area contributed by atoms with Gasteiger partial charge in [0.2, 0.25) is 0 Å². The highest BCUT2D eigenvalue weighted by Gasteiger charge is 2.07. The maximum absolute atomic E-state index is 11.6. The number of ether oxygens (including phenoxy) is 1. The number of hydrogen-bond acceptors (Lipinski definition) is 3. The Morgan fingerprint density at radius 1 is 1.35 bits per heavy atom. The Labute approximate surface area is 102 Å². The molecule has 0 aliphatic carbocycles. The van der Waals surface area contributed by atoms with Crippen LogP contribution in [0.1, 0.15) is 36.2 Å². The molecular weight excluding hydrogens is 214 g/mol. The van der Waals surface area contributed by atoms with Gasteiger partial charge < -0.3 is 4.74 Å². The van der Waals surface area contributed by atoms with Crippen LogP contribution in [0.5, 0.6) is 0 Å². The predicted octanol–water partition coefficient (Wildman–Crippen LogP) is 2.96. The first-order valence-electron chi connectivity index (χ1n) is 5.76. The first-order chi connectivity index (χ1) is 8.13. The fourth-order valence-corrected chi connectivity index (χ4v) is 1.32. The van der Waals surface area contributed by atoms with Gasteiger partial charge in [-0.05, 0) is 30.0 Å². The zero-order chi connectivity index (χ0) is 12.7. The molecule has 0 N–H and O–H groups in total. The largest absolute Gasteiger partial charge is 0.462 e. The smallest absolute Gasteiger partial charge is 0.338 e. The quantitative estimate of drug-likeness (QED) is 0.732. The molecule has 1 rings (SSSR count). The van der Waals surface area contributed by atoms with Crippen LogP contribution >= 0.6 is 0 Å². The lowest BCUT2D eigenvalue weighted by Gasteiger charge is -2.06. The van der Waals surface area contributed by atoms with Gasteiger partial charge in [-0.3, -0.25) is 0 Å². The molecule has 0 amide bonds. The van der Waals surface area contributed by atoms with Gasteiger partial charge in [-0.25, -0.2) is 4.79 Å². The summed E-state index contributed by atoms with van der Waals surface area (Å²) < 4.78 is 5.13. The van der Waals surface area contributed by atoms with Crippen molar-refractivity contribution in [2.45, 2.75) is 26.7 Å². The number of hydrogen-bond donors (Lipinski definition) is 0. The van der Waals surface area contributed by atoms with Crippen LogP contribution in [-0.2, 0) is 11.2 Å². The third-order valence-corrected chi connectivity index (χ3v) is 2.40. The summed E-state index contributed by atoms with van der Waals surface area (Å²) in [5.41, 5.74) is 1.45. The van der Waals surface area contributed by atoms with Crippen molar-refractivity contribution < 1.29 is 9.53 Å². The van der Waals surface area contributed by atoms with Crippen LogP contribution in [0.4, 0.5) is 0 Å². The van der Waals surface area contributed by atoms with E-state index in [0.29, 0.717) is 24.5 Å². The fraction of sp³-hybridized carbons (Fsp3) is 0.429. The van der Waals surface area contributed by atoms with Crippen molar-refractivity contribution >= 4 is 5.97 Å². The van der Waals surface area contributed by atoms with E-state index in [1.54, 1.807) is 24.3 Å². The number of benzene rings is 1. The number of nitrogens with zero attached hydrogens (tertiary/aromatic N) is 1. The molecule has 90 valence electrons. The van der Waals surface area contributed by atoms with Crippen molar-refractivity contribution in [2.75, 3.05) is 6.61 Å². The lowest BCUT2D eigenvalue weighted by atomic mass is 10.1. The van der Waals surface area contributed by atoms with Gasteiger partial charge in [0, 0.05) is 0 Å². The van der Waals surface area contributed by atoms with Gasteiger partial charge in [0.25, 0.3) is 0 Å². The Hall–Kier alpha value is -1.82. The molecule has 0 heterocycles. The molecule has 0 aromatic heterocycles. The topological polar surface area (TPSA) is 50.1 Å². The van der Waals surface area contributed by atoms with Crippen molar-refractivity contribution in [1.29, 1.82) is 5.26 Å². The molecular formula is C14H17NO2. The van der Waals surface area contributed by atoms with E-state index in [0.717, 1.165) is 12.0 Å². The van der Waals surface area contributed by atoms with Crippen molar-refractivity contribution in [3.05, 3.63) is 35.4 Å². The summed E-state index contributed by atoms with van der Waals surface area (Å²) in [7, 11) is 0. The SMILES string of the molecule is CC(C)CCOC(=O)c1ccc(CC#N)cc1. The second kappa shape index (κ2) is 6.70. The Morgan fingerprint density at radius 2 is 2.00 bits per heavy atom. The minimum Gasteiger partial charge on any atom is -0.462 e. The molecule has 1 aromatic rings. The summed E-state index contributed by atoms with van der Waals surface area (Å²) in [6, 6.07) is 9.02. The number of esters is 1. The molecule has 0 aliphatic rings. The standard InChI is InChI=1S/C14H17NO2/c1-11(2)8-10-17-14(16)13-5-3-12(4-6-13)7-9-15/h3-6,11H,7-8,10H2,1-2H3. The molecule has 3 nitrogen and oxygen atoms in total. The highest BCUT2D eigenvalue weighted by molar-refractivity contribution is 5.89. The minimum atomic E-state index is -0.297. The highest BCUT2D eigenvalue weighted by atomic mass is 16.5. The summed E-state index contributed by atoms with van der Waals surface area (Å²) in [4.78, 5) is 11.6. The van der Waals surface area contributed by atoms with Crippen LogP contribution in [0.25, 0.3) is 0 Å². The molecule has 0 saturated carbocycles. The summed E-state index contributed by atoms with van der Waals surface area (Å²) in [6.45, 7) is 4.63. The van der Waals surface area contributed by atoms with E-state index in [1.165, 1.54) is 0 Å². The van der Waals surface area contributed by atoms with E-state index in [1.807, 2.05) is 0 Å². The molecule has 0 atom stereocenters. The van der Waals surface area contributed by atoms with Crippen molar-refractivity contribution in [2.24, 2.45) is 5.92 Å². The highest BCUT2D eigenvalue weighted by Crippen LogP contribution is 2.07. The predicted molar refractivity (Wildman–Crippen MR) is 65.5 cm³/mol. The molecule has 0 radical (unpaired) electrons. The summed E-state index contributed by atoms with van der Waals surface area (Å²) in [5, 5.41) is 8.52. The maximum Gasteiger partial charge on any atom is 0.338 e. The first-order valence-corrected chi connectivity index (χ1v) is 5.76. The molecule has 0 bridgehead atoms. The van der Waals surface area contributed by atoms with Gasteiger partial charge >= 0.3 is 5.97 Å². The second-order valence-corrected chi connectivity index (χ2v) is 4.35. The van der Waals surface area contributed by atoms with Crippen molar-refractivity contribution in [1.82, 2.24) is 0 Å². The lowest BCUT2D eigenvalue weighted by Crippen LogP contribution is -2.08. The van der Waals surface area contributed by atoms with E-state index in [9.17, 15) is 4.79 Å². The summed E-state index contributed by atoms with van der Waals surface area (Å²) in [6.07, 6.45) is 1.24. The normalized spacial score (nSPS) is 10.0. The molecule has 0 fully saturated rings. The van der Waals surface area contributed by atoms with E-state index in [4.69, 9.17) is 10.00 Å². The second-order valence-electron chi connectivity index (χ2n) is 4.35.